The Hall–Kier alpha value is -2.50. The maximum absolute atomic E-state index is 13.7. The first kappa shape index (κ1) is 31.0. The summed E-state index contributed by atoms with van der Waals surface area (Å²) in [7, 11) is -3.60. The van der Waals surface area contributed by atoms with Gasteiger partial charge in [-0.2, -0.15) is 0 Å². The lowest BCUT2D eigenvalue weighted by atomic mass is 9.90. The maximum Gasteiger partial charge on any atom is 0.250 e. The quantitative estimate of drug-likeness (QED) is 0.312. The molecule has 210 valence electrons. The molecule has 0 aliphatic rings. The number of sulfonamides is 1. The third-order valence-corrected chi connectivity index (χ3v) is 9.50. The fourth-order valence-corrected chi connectivity index (χ4v) is 5.53. The Morgan fingerprint density at radius 3 is 2.26 bits per heavy atom. The number of ketones is 1. The molecule has 2 atom stereocenters. The minimum absolute atomic E-state index is 0.0273. The lowest BCUT2D eigenvalue weighted by Crippen LogP contribution is -2.35. The van der Waals surface area contributed by atoms with Crippen molar-refractivity contribution < 1.29 is 17.4 Å². The number of nitrogens with one attached hydrogen (secondary N) is 2. The summed E-state index contributed by atoms with van der Waals surface area (Å²) in [4.78, 5) is 26.4. The van der Waals surface area contributed by atoms with E-state index in [2.05, 4.69) is 9.44 Å². The second-order valence-corrected chi connectivity index (χ2v) is 14.9. The van der Waals surface area contributed by atoms with Crippen LogP contribution in [0.15, 0.2) is 53.5 Å². The molecule has 0 aliphatic heterocycles. The first-order valence-corrected chi connectivity index (χ1v) is 15.6. The zero-order chi connectivity index (χ0) is 29.3. The first-order valence-electron chi connectivity index (χ1n) is 12.1. The van der Waals surface area contributed by atoms with Crippen LogP contribution in [-0.4, -0.2) is 33.5 Å². The van der Waals surface area contributed by atoms with Gasteiger partial charge in [-0.25, -0.2) is 17.3 Å². The van der Waals surface area contributed by atoms with Crippen molar-refractivity contribution in [1.82, 2.24) is 9.29 Å². The van der Waals surface area contributed by atoms with E-state index >= 15 is 0 Å². The van der Waals surface area contributed by atoms with Crippen molar-refractivity contribution in [2.75, 3.05) is 10.5 Å². The number of hydrogen-bond acceptors (Lipinski definition) is 5. The van der Waals surface area contributed by atoms with Crippen molar-refractivity contribution in [2.24, 2.45) is 7.05 Å². The van der Waals surface area contributed by atoms with Gasteiger partial charge in [-0.05, 0) is 82.1 Å². The minimum Gasteiger partial charge on any atom is -0.318 e. The molecule has 0 spiro atoms. The van der Waals surface area contributed by atoms with Crippen molar-refractivity contribution in [2.45, 2.75) is 45.4 Å². The number of benzene rings is 2. The number of aromatic nitrogens is 1. The SMILES string of the molecule is CCS(=O)(=O)Nc1cc(-c2cn(C)c(=O)cc2[C@H](C)N[S@@](=O)C(C)(C)C)c(C(=O)c2ccc(Cl)cc2)cc1Cl. The van der Waals surface area contributed by atoms with Gasteiger partial charge in [0, 0.05) is 47.1 Å². The molecule has 0 saturated carbocycles. The van der Waals surface area contributed by atoms with E-state index in [1.807, 2.05) is 20.8 Å². The van der Waals surface area contributed by atoms with Gasteiger partial charge < -0.3 is 4.57 Å². The summed E-state index contributed by atoms with van der Waals surface area (Å²) in [6.45, 7) is 8.72. The molecule has 8 nitrogen and oxygen atoms in total. The zero-order valence-electron chi connectivity index (χ0n) is 22.5. The number of halogens is 2. The average molecular weight is 613 g/mol. The summed E-state index contributed by atoms with van der Waals surface area (Å²) in [6, 6.07) is 10.1. The molecule has 0 fully saturated rings. The lowest BCUT2D eigenvalue weighted by Gasteiger charge is -2.24. The van der Waals surface area contributed by atoms with Gasteiger partial charge in [0.05, 0.1) is 32.2 Å². The molecule has 0 amide bonds. The van der Waals surface area contributed by atoms with Crippen LogP contribution in [0.3, 0.4) is 0 Å². The molecule has 39 heavy (non-hydrogen) atoms. The smallest absolute Gasteiger partial charge is 0.250 e. The number of carbonyl (C=O) groups excluding carboxylic acids is 1. The van der Waals surface area contributed by atoms with E-state index in [0.717, 1.165) is 0 Å². The average Bonchev–Trinajstić information content (AvgIpc) is 2.85. The largest absolute Gasteiger partial charge is 0.318 e. The fourth-order valence-electron chi connectivity index (χ4n) is 3.69. The molecule has 0 radical (unpaired) electrons. The van der Waals surface area contributed by atoms with E-state index in [0.29, 0.717) is 27.3 Å². The highest BCUT2D eigenvalue weighted by Crippen LogP contribution is 2.37. The number of rotatable bonds is 9. The van der Waals surface area contributed by atoms with E-state index in [-0.39, 0.29) is 33.4 Å². The van der Waals surface area contributed by atoms with Gasteiger partial charge in [-0.1, -0.05) is 23.2 Å². The maximum atomic E-state index is 13.7. The van der Waals surface area contributed by atoms with Gasteiger partial charge in [0.15, 0.2) is 5.78 Å². The highest BCUT2D eigenvalue weighted by atomic mass is 35.5. The van der Waals surface area contributed by atoms with Crippen LogP contribution in [0.4, 0.5) is 5.69 Å². The Kier molecular flexibility index (Phi) is 9.50. The molecular weight excluding hydrogens is 581 g/mol. The number of anilines is 1. The van der Waals surface area contributed by atoms with Crippen molar-refractivity contribution in [3.63, 3.8) is 0 Å². The van der Waals surface area contributed by atoms with Gasteiger partial charge >= 0.3 is 0 Å². The second-order valence-electron chi connectivity index (χ2n) is 10.0. The van der Waals surface area contributed by atoms with Crippen LogP contribution in [0.1, 0.15) is 62.1 Å². The third kappa shape index (κ3) is 7.37. The van der Waals surface area contributed by atoms with Crippen molar-refractivity contribution in [3.8, 4) is 11.1 Å². The number of nitrogens with zero attached hydrogens (tertiary/aromatic N) is 1. The van der Waals surface area contributed by atoms with Crippen LogP contribution >= 0.6 is 23.2 Å². The summed E-state index contributed by atoms with van der Waals surface area (Å²) in [6.07, 6.45) is 1.57. The topological polar surface area (TPSA) is 114 Å². The predicted molar refractivity (Wildman–Crippen MR) is 160 cm³/mol. The molecule has 2 aromatic carbocycles. The van der Waals surface area contributed by atoms with Crippen LogP contribution in [0.5, 0.6) is 0 Å². The summed E-state index contributed by atoms with van der Waals surface area (Å²) < 4.78 is 44.0. The molecule has 2 N–H and O–H groups in total. The Bertz CT molecular complexity index is 1600. The second kappa shape index (κ2) is 11.9. The first-order chi connectivity index (χ1) is 18.0. The highest BCUT2D eigenvalue weighted by Gasteiger charge is 2.26. The molecular formula is C27H31Cl2N3O5S2. The zero-order valence-corrected chi connectivity index (χ0v) is 25.6. The van der Waals surface area contributed by atoms with Crippen LogP contribution in [0.25, 0.3) is 11.1 Å². The van der Waals surface area contributed by atoms with Gasteiger partial charge in [0.25, 0.3) is 5.56 Å². The standard InChI is InChI=1S/C27H31Cl2N3O5S2/c1-7-39(36,37)31-24-13-20(21(12-23(24)29)26(34)17-8-10-18(28)11-9-17)22-15-32(6)25(33)14-19(22)16(2)30-38(35)27(3,4)5/h8-16,30-31H,7H2,1-6H3/t16-,38-/m0/s1. The summed E-state index contributed by atoms with van der Waals surface area (Å²) >= 11 is 12.5. The van der Waals surface area contributed by atoms with Crippen LogP contribution in [-0.2, 0) is 28.1 Å². The number of pyridine rings is 1. The molecule has 0 unspecified atom stereocenters. The number of carbonyl (C=O) groups is 1. The fraction of sp³-hybridized carbons (Fsp3) is 0.333. The van der Waals surface area contributed by atoms with Crippen molar-refractivity contribution in [3.05, 3.63) is 85.8 Å². The lowest BCUT2D eigenvalue weighted by molar-refractivity contribution is 0.103. The van der Waals surface area contributed by atoms with Crippen molar-refractivity contribution in [1.29, 1.82) is 0 Å². The normalized spacial score (nSPS) is 13.6. The van der Waals surface area contributed by atoms with Gasteiger partial charge in [-0.3, -0.25) is 14.3 Å². The van der Waals surface area contributed by atoms with E-state index in [9.17, 15) is 22.2 Å². The monoisotopic (exact) mass is 611 g/mol. The molecule has 1 aromatic heterocycles. The number of hydrogen-bond donors (Lipinski definition) is 2. The number of aryl methyl sites for hydroxylation is 1. The summed E-state index contributed by atoms with van der Waals surface area (Å²) in [5.41, 5.74) is 1.58. The van der Waals surface area contributed by atoms with E-state index in [1.165, 1.54) is 29.7 Å². The van der Waals surface area contributed by atoms with E-state index < -0.39 is 31.8 Å². The molecule has 0 bridgehead atoms. The Morgan fingerprint density at radius 2 is 1.69 bits per heavy atom. The van der Waals surface area contributed by atoms with E-state index in [4.69, 9.17) is 23.2 Å². The summed E-state index contributed by atoms with van der Waals surface area (Å²) in [5.74, 6) is -0.568. The van der Waals surface area contributed by atoms with E-state index in [1.54, 1.807) is 44.4 Å². The molecule has 3 rings (SSSR count). The molecule has 0 aliphatic carbocycles. The van der Waals surface area contributed by atoms with Gasteiger partial charge in [0.2, 0.25) is 10.0 Å². The van der Waals surface area contributed by atoms with Crippen LogP contribution < -0.4 is 15.0 Å². The summed E-state index contributed by atoms with van der Waals surface area (Å²) in [5, 5.41) is 0.487. The minimum atomic E-state index is -3.70. The highest BCUT2D eigenvalue weighted by molar-refractivity contribution is 7.92. The third-order valence-electron chi connectivity index (χ3n) is 5.96. The molecule has 1 heterocycles. The molecule has 12 heteroatoms. The van der Waals surface area contributed by atoms with Crippen LogP contribution in [0, 0.1) is 0 Å². The molecule has 0 saturated heterocycles. The predicted octanol–water partition coefficient (Wildman–Crippen LogP) is 5.46. The molecule has 3 aromatic rings. The van der Waals surface area contributed by atoms with Crippen molar-refractivity contribution >= 4 is 55.7 Å². The Labute approximate surface area is 241 Å². The van der Waals surface area contributed by atoms with Crippen LogP contribution in [0.2, 0.25) is 10.0 Å². The Morgan fingerprint density at radius 1 is 1.08 bits per heavy atom. The van der Waals surface area contributed by atoms with Gasteiger partial charge in [0.1, 0.15) is 0 Å². The Balaban J connectivity index is 2.32. The van der Waals surface area contributed by atoms with Gasteiger partial charge in [-0.15, -0.1) is 0 Å².